The zero-order chi connectivity index (χ0) is 9.84. The van der Waals surface area contributed by atoms with E-state index in [0.717, 1.165) is 16.9 Å². The van der Waals surface area contributed by atoms with E-state index in [0.29, 0.717) is 0 Å². The molecule has 0 amide bonds. The molecule has 0 aliphatic carbocycles. The molecule has 1 aromatic carbocycles. The van der Waals surface area contributed by atoms with Crippen LogP contribution in [-0.4, -0.2) is 7.11 Å². The molecule has 1 unspecified atom stereocenters. The van der Waals surface area contributed by atoms with Gasteiger partial charge in [-0.25, -0.2) is 0 Å². The molecule has 68 valence electrons. The van der Waals surface area contributed by atoms with Gasteiger partial charge in [0.05, 0.1) is 19.1 Å². The number of methoxy groups -OCH3 is 1. The topological polar surface area (TPSA) is 33.0 Å². The molecule has 0 fully saturated rings. The van der Waals surface area contributed by atoms with Crippen molar-refractivity contribution >= 4 is 0 Å². The highest BCUT2D eigenvalue weighted by molar-refractivity contribution is 5.41. The fourth-order valence-corrected chi connectivity index (χ4v) is 1.25. The Bertz CT molecular complexity index is 338. The molecule has 0 bridgehead atoms. The highest BCUT2D eigenvalue weighted by Crippen LogP contribution is 2.26. The van der Waals surface area contributed by atoms with Crippen LogP contribution in [0.2, 0.25) is 0 Å². The Hall–Kier alpha value is -1.49. The number of hydrogen-bond donors (Lipinski definition) is 0. The Balaban J connectivity index is 3.15. The number of aryl methyl sites for hydroxylation is 1. The zero-order valence-electron chi connectivity index (χ0n) is 8.16. The van der Waals surface area contributed by atoms with Gasteiger partial charge in [0.15, 0.2) is 0 Å². The van der Waals surface area contributed by atoms with Crippen molar-refractivity contribution in [2.45, 2.75) is 19.8 Å². The average molecular weight is 175 g/mol. The van der Waals surface area contributed by atoms with Crippen LogP contribution in [0.5, 0.6) is 5.75 Å². The molecule has 0 aromatic heterocycles. The summed E-state index contributed by atoms with van der Waals surface area (Å²) in [5, 5.41) is 8.77. The van der Waals surface area contributed by atoms with E-state index in [1.165, 1.54) is 0 Å². The number of nitriles is 1. The van der Waals surface area contributed by atoms with E-state index in [1.54, 1.807) is 7.11 Å². The largest absolute Gasteiger partial charge is 0.496 e. The average Bonchev–Trinajstić information content (AvgIpc) is 2.16. The highest BCUT2D eigenvalue weighted by atomic mass is 16.5. The zero-order valence-corrected chi connectivity index (χ0v) is 8.16. The Morgan fingerprint density at radius 3 is 2.69 bits per heavy atom. The van der Waals surface area contributed by atoms with E-state index in [-0.39, 0.29) is 5.92 Å². The molecule has 13 heavy (non-hydrogen) atoms. The summed E-state index contributed by atoms with van der Waals surface area (Å²) in [5.74, 6) is 0.685. The number of hydrogen-bond acceptors (Lipinski definition) is 2. The van der Waals surface area contributed by atoms with Gasteiger partial charge in [0.25, 0.3) is 0 Å². The van der Waals surface area contributed by atoms with E-state index >= 15 is 0 Å². The molecule has 0 aliphatic heterocycles. The molecule has 0 saturated heterocycles. The van der Waals surface area contributed by atoms with Crippen LogP contribution < -0.4 is 4.74 Å². The summed E-state index contributed by atoms with van der Waals surface area (Å²) >= 11 is 0. The van der Waals surface area contributed by atoms with Crippen molar-refractivity contribution in [2.75, 3.05) is 7.11 Å². The van der Waals surface area contributed by atoms with Crippen molar-refractivity contribution in [1.82, 2.24) is 0 Å². The second-order valence-corrected chi connectivity index (χ2v) is 3.10. The molecule has 0 aliphatic rings. The van der Waals surface area contributed by atoms with E-state index < -0.39 is 0 Å². The van der Waals surface area contributed by atoms with Gasteiger partial charge in [-0.15, -0.1) is 0 Å². The molecule has 1 aromatic rings. The van der Waals surface area contributed by atoms with Crippen molar-refractivity contribution in [2.24, 2.45) is 0 Å². The lowest BCUT2D eigenvalue weighted by Gasteiger charge is -2.10. The summed E-state index contributed by atoms with van der Waals surface area (Å²) in [4.78, 5) is 0. The monoisotopic (exact) mass is 175 g/mol. The third-order valence-electron chi connectivity index (χ3n) is 2.05. The van der Waals surface area contributed by atoms with Crippen LogP contribution in [0, 0.1) is 18.3 Å². The van der Waals surface area contributed by atoms with Crippen molar-refractivity contribution in [1.29, 1.82) is 5.26 Å². The second-order valence-electron chi connectivity index (χ2n) is 3.10. The third-order valence-corrected chi connectivity index (χ3v) is 2.05. The highest BCUT2D eigenvalue weighted by Gasteiger charge is 2.09. The number of ether oxygens (including phenoxy) is 1. The lowest BCUT2D eigenvalue weighted by atomic mass is 10.0. The van der Waals surface area contributed by atoms with Crippen LogP contribution in [0.4, 0.5) is 0 Å². The molecular weight excluding hydrogens is 162 g/mol. The quantitative estimate of drug-likeness (QED) is 0.692. The molecule has 1 rings (SSSR count). The Morgan fingerprint density at radius 2 is 2.15 bits per heavy atom. The Kier molecular flexibility index (Phi) is 2.92. The lowest BCUT2D eigenvalue weighted by Crippen LogP contribution is -1.95. The SMILES string of the molecule is COc1cc(C)ccc1C(C)C#N. The molecule has 0 spiro atoms. The fraction of sp³-hybridized carbons (Fsp3) is 0.364. The summed E-state index contributed by atoms with van der Waals surface area (Å²) in [6.07, 6.45) is 0. The minimum absolute atomic E-state index is 0.115. The van der Waals surface area contributed by atoms with Gasteiger partial charge in [-0.3, -0.25) is 0 Å². The smallest absolute Gasteiger partial charge is 0.123 e. The molecule has 0 saturated carbocycles. The van der Waals surface area contributed by atoms with Gasteiger partial charge in [-0.1, -0.05) is 12.1 Å². The predicted octanol–water partition coefficient (Wildman–Crippen LogP) is 2.63. The number of rotatable bonds is 2. The van der Waals surface area contributed by atoms with Gasteiger partial charge in [0, 0.05) is 5.56 Å². The summed E-state index contributed by atoms with van der Waals surface area (Å²) in [7, 11) is 1.63. The molecule has 0 heterocycles. The van der Waals surface area contributed by atoms with Gasteiger partial charge in [-0.2, -0.15) is 5.26 Å². The van der Waals surface area contributed by atoms with E-state index in [2.05, 4.69) is 6.07 Å². The van der Waals surface area contributed by atoms with Gasteiger partial charge < -0.3 is 4.74 Å². The summed E-state index contributed by atoms with van der Waals surface area (Å²) < 4.78 is 5.20. The Labute approximate surface area is 78.8 Å². The van der Waals surface area contributed by atoms with Gasteiger partial charge in [-0.05, 0) is 25.5 Å². The van der Waals surface area contributed by atoms with Crippen molar-refractivity contribution < 1.29 is 4.74 Å². The van der Waals surface area contributed by atoms with Crippen LogP contribution >= 0.6 is 0 Å². The maximum Gasteiger partial charge on any atom is 0.123 e. The van der Waals surface area contributed by atoms with E-state index in [1.807, 2.05) is 32.0 Å². The summed E-state index contributed by atoms with van der Waals surface area (Å²) in [5.41, 5.74) is 2.10. The maximum absolute atomic E-state index is 8.77. The van der Waals surface area contributed by atoms with Crippen molar-refractivity contribution in [3.05, 3.63) is 29.3 Å². The van der Waals surface area contributed by atoms with Gasteiger partial charge in [0.2, 0.25) is 0 Å². The minimum Gasteiger partial charge on any atom is -0.496 e. The standard InChI is InChI=1S/C11H13NO/c1-8-4-5-10(9(2)7-12)11(6-8)13-3/h4-6,9H,1-3H3. The molecule has 0 N–H and O–H groups in total. The molecular formula is C11H13NO. The normalized spacial score (nSPS) is 11.8. The third kappa shape index (κ3) is 2.00. The predicted molar refractivity (Wildman–Crippen MR) is 51.8 cm³/mol. The summed E-state index contributed by atoms with van der Waals surface area (Å²) in [6.45, 7) is 3.87. The van der Waals surface area contributed by atoms with Gasteiger partial charge in [0.1, 0.15) is 5.75 Å². The van der Waals surface area contributed by atoms with Crippen LogP contribution in [0.15, 0.2) is 18.2 Å². The molecule has 1 atom stereocenters. The van der Waals surface area contributed by atoms with Crippen molar-refractivity contribution in [3.63, 3.8) is 0 Å². The van der Waals surface area contributed by atoms with Crippen LogP contribution in [0.25, 0.3) is 0 Å². The first-order chi connectivity index (χ1) is 6.19. The first kappa shape index (κ1) is 9.60. The van der Waals surface area contributed by atoms with Gasteiger partial charge >= 0.3 is 0 Å². The fourth-order valence-electron chi connectivity index (χ4n) is 1.25. The summed E-state index contributed by atoms with van der Waals surface area (Å²) in [6, 6.07) is 8.08. The second kappa shape index (κ2) is 3.95. The molecule has 0 radical (unpaired) electrons. The van der Waals surface area contributed by atoms with E-state index in [9.17, 15) is 0 Å². The first-order valence-electron chi connectivity index (χ1n) is 4.23. The van der Waals surface area contributed by atoms with Crippen LogP contribution in [0.3, 0.4) is 0 Å². The maximum atomic E-state index is 8.77. The minimum atomic E-state index is -0.115. The molecule has 2 heteroatoms. The number of benzene rings is 1. The van der Waals surface area contributed by atoms with Crippen LogP contribution in [0.1, 0.15) is 24.0 Å². The van der Waals surface area contributed by atoms with Crippen LogP contribution in [-0.2, 0) is 0 Å². The van der Waals surface area contributed by atoms with Crippen molar-refractivity contribution in [3.8, 4) is 11.8 Å². The first-order valence-corrected chi connectivity index (χ1v) is 4.23. The number of nitrogens with zero attached hydrogens (tertiary/aromatic N) is 1. The lowest BCUT2D eigenvalue weighted by molar-refractivity contribution is 0.408. The van der Waals surface area contributed by atoms with E-state index in [4.69, 9.17) is 10.00 Å². The Morgan fingerprint density at radius 1 is 1.46 bits per heavy atom. The molecule has 2 nitrogen and oxygen atoms in total.